The van der Waals surface area contributed by atoms with Gasteiger partial charge in [0.2, 0.25) is 10.0 Å². The Bertz CT molecular complexity index is 1430. The summed E-state index contributed by atoms with van der Waals surface area (Å²) in [6.45, 7) is 0.747. The first-order valence-corrected chi connectivity index (χ1v) is 11.8. The monoisotopic (exact) mass is 443 g/mol. The topological polar surface area (TPSA) is 79.4 Å². The highest BCUT2D eigenvalue weighted by molar-refractivity contribution is 7.89. The van der Waals surface area contributed by atoms with Crippen molar-refractivity contribution < 1.29 is 13.2 Å². The molecule has 0 aliphatic carbocycles. The molecule has 3 aromatic carbocycles. The Morgan fingerprint density at radius 1 is 0.906 bits per heavy atom. The molecule has 1 aliphatic rings. The highest BCUT2D eigenvalue weighted by Crippen LogP contribution is 2.26. The number of aromatic nitrogens is 1. The Balaban J connectivity index is 1.41. The molecule has 32 heavy (non-hydrogen) atoms. The average Bonchev–Trinajstić information content (AvgIpc) is 2.84. The van der Waals surface area contributed by atoms with Crippen molar-refractivity contribution >= 4 is 32.5 Å². The normalized spacial score (nSPS) is 14.1. The largest absolute Gasteiger partial charge is 0.321 e. The zero-order valence-corrected chi connectivity index (χ0v) is 18.0. The van der Waals surface area contributed by atoms with Crippen molar-refractivity contribution in [1.29, 1.82) is 0 Å². The van der Waals surface area contributed by atoms with E-state index in [1.54, 1.807) is 24.4 Å². The molecule has 0 fully saturated rings. The van der Waals surface area contributed by atoms with E-state index >= 15 is 0 Å². The second kappa shape index (κ2) is 8.18. The van der Waals surface area contributed by atoms with Crippen molar-refractivity contribution in [3.8, 4) is 0 Å². The summed E-state index contributed by atoms with van der Waals surface area (Å²) < 4.78 is 28.1. The molecular weight excluding hydrogens is 422 g/mol. The molecule has 1 amide bonds. The van der Waals surface area contributed by atoms with Crippen LogP contribution in [0.25, 0.3) is 10.9 Å². The average molecular weight is 444 g/mol. The molecule has 1 aromatic heterocycles. The van der Waals surface area contributed by atoms with Gasteiger partial charge in [-0.05, 0) is 60.0 Å². The van der Waals surface area contributed by atoms with Crippen molar-refractivity contribution in [2.24, 2.45) is 0 Å². The predicted molar refractivity (Wildman–Crippen MR) is 124 cm³/mol. The molecule has 6 nitrogen and oxygen atoms in total. The molecule has 5 rings (SSSR count). The standard InChI is InChI=1S/C25H21N3O3S/c29-25(27-24-12-4-11-23-22(24)10-5-14-26-23)19-8-3-9-21(16-19)32(30,31)28-15-13-18-6-1-2-7-20(18)17-28/h1-12,14,16H,13,15,17H2,(H,27,29). The van der Waals surface area contributed by atoms with E-state index in [4.69, 9.17) is 0 Å². The molecule has 0 saturated carbocycles. The number of fused-ring (bicyclic) bond motifs is 2. The minimum Gasteiger partial charge on any atom is -0.321 e. The second-order valence-electron chi connectivity index (χ2n) is 7.71. The van der Waals surface area contributed by atoms with Crippen molar-refractivity contribution in [1.82, 2.24) is 9.29 Å². The number of anilines is 1. The number of pyridine rings is 1. The number of rotatable bonds is 4. The van der Waals surface area contributed by atoms with Gasteiger partial charge < -0.3 is 5.32 Å². The lowest BCUT2D eigenvalue weighted by molar-refractivity contribution is 0.102. The Kier molecular flexibility index (Phi) is 5.20. The molecule has 7 heteroatoms. The van der Waals surface area contributed by atoms with Crippen LogP contribution in [0.2, 0.25) is 0 Å². The summed E-state index contributed by atoms with van der Waals surface area (Å²) in [4.78, 5) is 17.4. The van der Waals surface area contributed by atoms with Crippen LogP contribution in [-0.2, 0) is 23.0 Å². The van der Waals surface area contributed by atoms with Crippen LogP contribution in [0, 0.1) is 0 Å². The predicted octanol–water partition coefficient (Wildman–Crippen LogP) is 4.23. The van der Waals surface area contributed by atoms with Gasteiger partial charge in [0.05, 0.1) is 16.1 Å². The van der Waals surface area contributed by atoms with Crippen molar-refractivity contribution in [3.05, 3.63) is 102 Å². The number of carbonyl (C=O) groups excluding carboxylic acids is 1. The minimum absolute atomic E-state index is 0.115. The number of nitrogens with one attached hydrogen (secondary N) is 1. The minimum atomic E-state index is -3.72. The SMILES string of the molecule is O=C(Nc1cccc2ncccc12)c1cccc(S(=O)(=O)N2CCc3ccccc3C2)c1. The Hall–Kier alpha value is -3.55. The summed E-state index contributed by atoms with van der Waals surface area (Å²) in [5, 5.41) is 3.70. The summed E-state index contributed by atoms with van der Waals surface area (Å²) >= 11 is 0. The van der Waals surface area contributed by atoms with Gasteiger partial charge in [0.25, 0.3) is 5.91 Å². The smallest absolute Gasteiger partial charge is 0.255 e. The third kappa shape index (κ3) is 3.77. The molecular formula is C25H21N3O3S. The van der Waals surface area contributed by atoms with Gasteiger partial charge in [0.1, 0.15) is 0 Å². The van der Waals surface area contributed by atoms with Crippen LogP contribution in [0.1, 0.15) is 21.5 Å². The van der Waals surface area contributed by atoms with Crippen LogP contribution in [0.5, 0.6) is 0 Å². The summed E-state index contributed by atoms with van der Waals surface area (Å²) in [7, 11) is -3.72. The molecule has 0 atom stereocenters. The van der Waals surface area contributed by atoms with E-state index in [0.717, 1.165) is 16.5 Å². The van der Waals surface area contributed by atoms with Gasteiger partial charge in [-0.1, -0.05) is 36.4 Å². The maximum Gasteiger partial charge on any atom is 0.255 e. The number of hydrogen-bond acceptors (Lipinski definition) is 4. The molecule has 0 saturated heterocycles. The van der Waals surface area contributed by atoms with Gasteiger partial charge in [0, 0.05) is 30.2 Å². The van der Waals surface area contributed by atoms with Crippen LogP contribution in [-0.4, -0.2) is 30.2 Å². The number of amides is 1. The maximum absolute atomic E-state index is 13.3. The number of carbonyl (C=O) groups is 1. The first kappa shape index (κ1) is 20.4. The van der Waals surface area contributed by atoms with E-state index in [2.05, 4.69) is 10.3 Å². The van der Waals surface area contributed by atoms with E-state index in [1.165, 1.54) is 22.0 Å². The van der Waals surface area contributed by atoms with Crippen LogP contribution in [0.15, 0.2) is 90.0 Å². The fourth-order valence-corrected chi connectivity index (χ4v) is 5.49. The number of sulfonamides is 1. The van der Waals surface area contributed by atoms with Crippen LogP contribution in [0.4, 0.5) is 5.69 Å². The van der Waals surface area contributed by atoms with E-state index in [9.17, 15) is 13.2 Å². The molecule has 0 unspecified atom stereocenters. The van der Waals surface area contributed by atoms with E-state index in [-0.39, 0.29) is 16.4 Å². The second-order valence-corrected chi connectivity index (χ2v) is 9.65. The van der Waals surface area contributed by atoms with E-state index in [0.29, 0.717) is 25.2 Å². The van der Waals surface area contributed by atoms with Crippen molar-refractivity contribution in [2.45, 2.75) is 17.9 Å². The number of hydrogen-bond donors (Lipinski definition) is 1. The molecule has 0 bridgehead atoms. The fourth-order valence-electron chi connectivity index (χ4n) is 4.03. The van der Waals surface area contributed by atoms with Gasteiger partial charge in [-0.25, -0.2) is 8.42 Å². The third-order valence-corrected chi connectivity index (χ3v) is 7.56. The van der Waals surface area contributed by atoms with E-state index < -0.39 is 10.0 Å². The van der Waals surface area contributed by atoms with Crippen LogP contribution >= 0.6 is 0 Å². The molecule has 0 radical (unpaired) electrons. The van der Waals surface area contributed by atoms with Gasteiger partial charge in [-0.3, -0.25) is 9.78 Å². The highest BCUT2D eigenvalue weighted by Gasteiger charge is 2.28. The summed E-state index contributed by atoms with van der Waals surface area (Å²) in [6.07, 6.45) is 2.37. The van der Waals surface area contributed by atoms with Gasteiger partial charge in [-0.2, -0.15) is 4.31 Å². The Morgan fingerprint density at radius 3 is 2.59 bits per heavy atom. The zero-order chi connectivity index (χ0) is 22.1. The van der Waals surface area contributed by atoms with Gasteiger partial charge >= 0.3 is 0 Å². The van der Waals surface area contributed by atoms with Gasteiger partial charge in [0.15, 0.2) is 0 Å². The lowest BCUT2D eigenvalue weighted by Gasteiger charge is -2.28. The highest BCUT2D eigenvalue weighted by atomic mass is 32.2. The first-order chi connectivity index (χ1) is 15.5. The maximum atomic E-state index is 13.3. The van der Waals surface area contributed by atoms with Gasteiger partial charge in [-0.15, -0.1) is 0 Å². The van der Waals surface area contributed by atoms with Crippen molar-refractivity contribution in [3.63, 3.8) is 0 Å². The molecule has 4 aromatic rings. The summed E-state index contributed by atoms with van der Waals surface area (Å²) in [5.74, 6) is -0.373. The quantitative estimate of drug-likeness (QED) is 0.512. The van der Waals surface area contributed by atoms with Crippen LogP contribution < -0.4 is 5.32 Å². The number of nitrogens with zero attached hydrogens (tertiary/aromatic N) is 2. The molecule has 2 heterocycles. The fraction of sp³-hybridized carbons (Fsp3) is 0.120. The summed E-state index contributed by atoms with van der Waals surface area (Å²) in [6, 6.07) is 23.3. The lowest BCUT2D eigenvalue weighted by Crippen LogP contribution is -2.36. The first-order valence-electron chi connectivity index (χ1n) is 10.3. The molecule has 1 N–H and O–H groups in total. The molecule has 0 spiro atoms. The van der Waals surface area contributed by atoms with Crippen molar-refractivity contribution in [2.75, 3.05) is 11.9 Å². The Morgan fingerprint density at radius 2 is 1.72 bits per heavy atom. The molecule has 1 aliphatic heterocycles. The van der Waals surface area contributed by atoms with E-state index in [1.807, 2.05) is 48.5 Å². The lowest BCUT2D eigenvalue weighted by atomic mass is 10.0. The third-order valence-electron chi connectivity index (χ3n) is 5.72. The Labute approximate surface area is 186 Å². The molecule has 160 valence electrons. The number of benzene rings is 3. The van der Waals surface area contributed by atoms with Crippen LogP contribution in [0.3, 0.4) is 0 Å². The summed E-state index contributed by atoms with van der Waals surface area (Å²) in [5.41, 5.74) is 3.87. The zero-order valence-electron chi connectivity index (χ0n) is 17.2.